The van der Waals surface area contributed by atoms with E-state index in [1.807, 2.05) is 36.9 Å². The molecular weight excluding hydrogens is 228 g/mol. The van der Waals surface area contributed by atoms with Crippen molar-refractivity contribution < 1.29 is 9.59 Å². The highest BCUT2D eigenvalue weighted by Gasteiger charge is 2.32. The van der Waals surface area contributed by atoms with Gasteiger partial charge in [-0.2, -0.15) is 0 Å². The number of urea groups is 1. The summed E-state index contributed by atoms with van der Waals surface area (Å²) < 4.78 is 0. The topological polar surface area (TPSA) is 40.6 Å². The van der Waals surface area contributed by atoms with Crippen molar-refractivity contribution in [1.82, 2.24) is 4.90 Å². The predicted octanol–water partition coefficient (Wildman–Crippen LogP) is 2.54. The predicted molar refractivity (Wildman–Crippen MR) is 71.0 cm³/mol. The molecule has 0 bridgehead atoms. The zero-order valence-electron chi connectivity index (χ0n) is 11.0. The Morgan fingerprint density at radius 1 is 1.22 bits per heavy atom. The van der Waals surface area contributed by atoms with Crippen LogP contribution in [0.25, 0.3) is 0 Å². The van der Waals surface area contributed by atoms with Crippen LogP contribution in [-0.2, 0) is 0 Å². The van der Waals surface area contributed by atoms with Gasteiger partial charge in [-0.05, 0) is 32.9 Å². The second-order valence-electron chi connectivity index (χ2n) is 4.79. The molecule has 1 fully saturated rings. The summed E-state index contributed by atoms with van der Waals surface area (Å²) in [5.41, 5.74) is 1.33. The van der Waals surface area contributed by atoms with E-state index in [0.717, 1.165) is 5.69 Å². The first-order chi connectivity index (χ1) is 8.52. The van der Waals surface area contributed by atoms with Crippen LogP contribution in [0, 0.1) is 0 Å². The van der Waals surface area contributed by atoms with E-state index >= 15 is 0 Å². The van der Waals surface area contributed by atoms with Crippen molar-refractivity contribution in [3.05, 3.63) is 29.8 Å². The first-order valence-corrected chi connectivity index (χ1v) is 6.20. The van der Waals surface area contributed by atoms with Gasteiger partial charge in [-0.25, -0.2) is 4.79 Å². The van der Waals surface area contributed by atoms with Gasteiger partial charge in [0.05, 0.1) is 5.69 Å². The van der Waals surface area contributed by atoms with E-state index in [1.54, 1.807) is 11.0 Å². The number of Topliss-reactive ketones (excluding diaryl/α,β-unsaturated/α-hetero) is 1. The van der Waals surface area contributed by atoms with Gasteiger partial charge in [0.1, 0.15) is 0 Å². The van der Waals surface area contributed by atoms with E-state index < -0.39 is 0 Å². The van der Waals surface area contributed by atoms with E-state index in [4.69, 9.17) is 0 Å². The lowest BCUT2D eigenvalue weighted by Crippen LogP contribution is -2.36. The molecule has 1 aromatic carbocycles. The molecule has 2 rings (SSSR count). The molecule has 0 spiro atoms. The first kappa shape index (κ1) is 12.6. The van der Waals surface area contributed by atoms with Crippen LogP contribution in [0.15, 0.2) is 24.3 Å². The minimum absolute atomic E-state index is 0.0126. The summed E-state index contributed by atoms with van der Waals surface area (Å²) in [6.07, 6.45) is 0. The summed E-state index contributed by atoms with van der Waals surface area (Å²) in [5.74, 6) is -0.0126. The summed E-state index contributed by atoms with van der Waals surface area (Å²) >= 11 is 0. The fourth-order valence-corrected chi connectivity index (χ4v) is 2.26. The fraction of sp³-hybridized carbons (Fsp3) is 0.429. The highest BCUT2D eigenvalue weighted by atomic mass is 16.2. The molecule has 0 radical (unpaired) electrons. The van der Waals surface area contributed by atoms with Crippen LogP contribution in [0.1, 0.15) is 31.1 Å². The van der Waals surface area contributed by atoms with E-state index in [2.05, 4.69) is 0 Å². The maximum atomic E-state index is 12.3. The van der Waals surface area contributed by atoms with Gasteiger partial charge in [0.15, 0.2) is 5.78 Å². The number of amides is 2. The van der Waals surface area contributed by atoms with E-state index in [1.165, 1.54) is 6.92 Å². The van der Waals surface area contributed by atoms with Crippen molar-refractivity contribution in [2.75, 3.05) is 18.0 Å². The molecule has 18 heavy (non-hydrogen) atoms. The molecule has 0 N–H and O–H groups in total. The lowest BCUT2D eigenvalue weighted by atomic mass is 10.1. The third-order valence-corrected chi connectivity index (χ3v) is 3.24. The highest BCUT2D eigenvalue weighted by molar-refractivity contribution is 6.05. The number of para-hydroxylation sites is 1. The van der Waals surface area contributed by atoms with Crippen LogP contribution in [0.5, 0.6) is 0 Å². The van der Waals surface area contributed by atoms with Gasteiger partial charge in [0, 0.05) is 24.7 Å². The largest absolute Gasteiger partial charge is 0.324 e. The maximum Gasteiger partial charge on any atom is 0.324 e. The Hall–Kier alpha value is -1.84. The van der Waals surface area contributed by atoms with Gasteiger partial charge >= 0.3 is 6.03 Å². The van der Waals surface area contributed by atoms with Gasteiger partial charge in [-0.1, -0.05) is 12.1 Å². The molecular formula is C14H18N2O2. The van der Waals surface area contributed by atoms with Crippen molar-refractivity contribution in [3.63, 3.8) is 0 Å². The van der Waals surface area contributed by atoms with Crippen LogP contribution in [-0.4, -0.2) is 35.8 Å². The SMILES string of the molecule is CC(=O)c1ccccc1N1CCN(C(C)C)C1=O. The molecule has 0 aromatic heterocycles. The second-order valence-corrected chi connectivity index (χ2v) is 4.79. The molecule has 0 atom stereocenters. The summed E-state index contributed by atoms with van der Waals surface area (Å²) in [7, 11) is 0. The summed E-state index contributed by atoms with van der Waals surface area (Å²) in [5, 5.41) is 0. The average Bonchev–Trinajstić information content (AvgIpc) is 2.71. The quantitative estimate of drug-likeness (QED) is 0.769. The number of ketones is 1. The Kier molecular flexibility index (Phi) is 3.36. The Balaban J connectivity index is 2.34. The zero-order chi connectivity index (χ0) is 13.3. The molecule has 0 unspecified atom stereocenters. The van der Waals surface area contributed by atoms with Crippen LogP contribution >= 0.6 is 0 Å². The molecule has 4 heteroatoms. The maximum absolute atomic E-state index is 12.3. The van der Waals surface area contributed by atoms with Crippen molar-refractivity contribution in [2.45, 2.75) is 26.8 Å². The Morgan fingerprint density at radius 2 is 1.89 bits per heavy atom. The zero-order valence-corrected chi connectivity index (χ0v) is 11.0. The van der Waals surface area contributed by atoms with Crippen molar-refractivity contribution in [3.8, 4) is 0 Å². The van der Waals surface area contributed by atoms with E-state index in [0.29, 0.717) is 18.7 Å². The summed E-state index contributed by atoms with van der Waals surface area (Å²) in [4.78, 5) is 27.4. The molecule has 1 aromatic rings. The minimum Gasteiger partial charge on any atom is -0.320 e. The number of nitrogens with zero attached hydrogens (tertiary/aromatic N) is 2. The molecule has 1 saturated heterocycles. The number of benzene rings is 1. The van der Waals surface area contributed by atoms with E-state index in [-0.39, 0.29) is 17.9 Å². The Labute approximate surface area is 107 Å². The van der Waals surface area contributed by atoms with Crippen molar-refractivity contribution in [2.24, 2.45) is 0 Å². The molecule has 0 aliphatic carbocycles. The number of hydrogen-bond acceptors (Lipinski definition) is 2. The van der Waals surface area contributed by atoms with Crippen LogP contribution in [0.2, 0.25) is 0 Å². The van der Waals surface area contributed by atoms with Crippen molar-refractivity contribution in [1.29, 1.82) is 0 Å². The van der Waals surface area contributed by atoms with Crippen LogP contribution < -0.4 is 4.90 Å². The number of rotatable bonds is 3. The fourth-order valence-electron chi connectivity index (χ4n) is 2.26. The normalized spacial score (nSPS) is 15.7. The molecule has 0 saturated carbocycles. The standard InChI is InChI=1S/C14H18N2O2/c1-10(2)15-8-9-16(14(15)18)13-7-5-4-6-12(13)11(3)17/h4-7,10H,8-9H2,1-3H3. The number of hydrogen-bond donors (Lipinski definition) is 0. The number of carbonyl (C=O) groups is 2. The van der Waals surface area contributed by atoms with Gasteiger partial charge in [0.25, 0.3) is 0 Å². The molecule has 96 valence electrons. The lowest BCUT2D eigenvalue weighted by molar-refractivity contribution is 0.101. The monoisotopic (exact) mass is 246 g/mol. The molecule has 2 amide bonds. The third kappa shape index (κ3) is 2.10. The highest BCUT2D eigenvalue weighted by Crippen LogP contribution is 2.25. The number of anilines is 1. The summed E-state index contributed by atoms with van der Waals surface area (Å²) in [6, 6.07) is 7.45. The van der Waals surface area contributed by atoms with Gasteiger partial charge in [-0.15, -0.1) is 0 Å². The third-order valence-electron chi connectivity index (χ3n) is 3.24. The van der Waals surface area contributed by atoms with E-state index in [9.17, 15) is 9.59 Å². The molecule has 4 nitrogen and oxygen atoms in total. The van der Waals surface area contributed by atoms with Gasteiger partial charge in [-0.3, -0.25) is 9.69 Å². The molecule has 1 aliphatic heterocycles. The molecule has 1 aliphatic rings. The summed E-state index contributed by atoms with van der Waals surface area (Å²) in [6.45, 7) is 6.88. The van der Waals surface area contributed by atoms with Crippen LogP contribution in [0.3, 0.4) is 0 Å². The minimum atomic E-state index is -0.0151. The Bertz CT molecular complexity index is 482. The number of carbonyl (C=O) groups excluding carboxylic acids is 2. The Morgan fingerprint density at radius 3 is 2.44 bits per heavy atom. The first-order valence-electron chi connectivity index (χ1n) is 6.20. The average molecular weight is 246 g/mol. The van der Waals surface area contributed by atoms with Crippen LogP contribution in [0.4, 0.5) is 10.5 Å². The van der Waals surface area contributed by atoms with Gasteiger partial charge in [0.2, 0.25) is 0 Å². The second kappa shape index (κ2) is 4.80. The molecule has 1 heterocycles. The van der Waals surface area contributed by atoms with Gasteiger partial charge < -0.3 is 4.90 Å². The van der Waals surface area contributed by atoms with Crippen molar-refractivity contribution >= 4 is 17.5 Å². The lowest BCUT2D eigenvalue weighted by Gasteiger charge is -2.22. The smallest absolute Gasteiger partial charge is 0.320 e.